The highest BCUT2D eigenvalue weighted by molar-refractivity contribution is 5.73. The van der Waals surface area contributed by atoms with Crippen LogP contribution in [0.1, 0.15) is 29.3 Å². The lowest BCUT2D eigenvalue weighted by Crippen LogP contribution is -2.13. The third-order valence-corrected chi connectivity index (χ3v) is 3.94. The van der Waals surface area contributed by atoms with Crippen molar-refractivity contribution in [2.45, 2.75) is 26.2 Å². The van der Waals surface area contributed by atoms with Gasteiger partial charge >= 0.3 is 0 Å². The van der Waals surface area contributed by atoms with Gasteiger partial charge in [0.1, 0.15) is 11.6 Å². The molecular formula is C19H21N5O2. The van der Waals surface area contributed by atoms with E-state index >= 15 is 0 Å². The van der Waals surface area contributed by atoms with Crippen LogP contribution < -0.4 is 10.5 Å². The number of aromatic nitrogens is 4. The number of pyridine rings is 1. The van der Waals surface area contributed by atoms with E-state index in [0.717, 1.165) is 17.0 Å². The Bertz CT molecular complexity index is 920. The smallest absolute Gasteiger partial charge is 0.217 e. The lowest BCUT2D eigenvalue weighted by atomic mass is 10.1. The Hall–Kier alpha value is -3.22. The van der Waals surface area contributed by atoms with Gasteiger partial charge in [-0.1, -0.05) is 24.3 Å². The van der Waals surface area contributed by atoms with Gasteiger partial charge in [-0.2, -0.15) is 4.68 Å². The monoisotopic (exact) mass is 351 g/mol. The number of carbonyl (C=O) groups is 1. The number of nitrogens with zero attached hydrogens (tertiary/aromatic N) is 4. The number of ether oxygens (including phenoxy) is 1. The quantitative estimate of drug-likeness (QED) is 0.702. The van der Waals surface area contributed by atoms with Crippen molar-refractivity contribution in [1.82, 2.24) is 19.7 Å². The van der Waals surface area contributed by atoms with E-state index in [0.29, 0.717) is 30.3 Å². The molecule has 0 atom stereocenters. The van der Waals surface area contributed by atoms with Crippen LogP contribution >= 0.6 is 0 Å². The summed E-state index contributed by atoms with van der Waals surface area (Å²) in [6.07, 6.45) is 1.13. The standard InChI is InChI=1S/C19H21N5O2/c1-13-6-5-9-18(21-13)24-19(11-10-16(20)25)22-17(23-24)12-14-7-3-4-8-15(14)26-2/h3-9H,10-12H2,1-2H3,(H2,20,25). The largest absolute Gasteiger partial charge is 0.496 e. The number of hydrogen-bond acceptors (Lipinski definition) is 5. The van der Waals surface area contributed by atoms with Gasteiger partial charge in [-0.25, -0.2) is 9.97 Å². The van der Waals surface area contributed by atoms with E-state index in [2.05, 4.69) is 15.1 Å². The highest BCUT2D eigenvalue weighted by atomic mass is 16.5. The van der Waals surface area contributed by atoms with Crippen LogP contribution in [-0.2, 0) is 17.6 Å². The minimum absolute atomic E-state index is 0.207. The van der Waals surface area contributed by atoms with Crippen molar-refractivity contribution >= 4 is 5.91 Å². The van der Waals surface area contributed by atoms with Gasteiger partial charge in [0.2, 0.25) is 5.91 Å². The third kappa shape index (κ3) is 4.05. The number of primary amides is 1. The van der Waals surface area contributed by atoms with Crippen LogP contribution in [0.4, 0.5) is 0 Å². The number of rotatable bonds is 7. The predicted octanol–water partition coefficient (Wildman–Crippen LogP) is 1.99. The van der Waals surface area contributed by atoms with Crippen LogP contribution in [0.3, 0.4) is 0 Å². The first-order valence-electron chi connectivity index (χ1n) is 8.36. The highest BCUT2D eigenvalue weighted by Crippen LogP contribution is 2.20. The SMILES string of the molecule is COc1ccccc1Cc1nc(CCC(N)=O)n(-c2cccc(C)n2)n1. The van der Waals surface area contributed by atoms with Crippen LogP contribution in [0, 0.1) is 6.92 Å². The van der Waals surface area contributed by atoms with Gasteiger partial charge < -0.3 is 10.5 Å². The van der Waals surface area contributed by atoms with Crippen LogP contribution in [-0.4, -0.2) is 32.8 Å². The molecule has 0 spiro atoms. The number of methoxy groups -OCH3 is 1. The van der Waals surface area contributed by atoms with E-state index < -0.39 is 0 Å². The molecule has 0 radical (unpaired) electrons. The normalized spacial score (nSPS) is 10.7. The summed E-state index contributed by atoms with van der Waals surface area (Å²) in [4.78, 5) is 20.3. The molecule has 0 saturated carbocycles. The summed E-state index contributed by atoms with van der Waals surface area (Å²) in [7, 11) is 1.64. The molecule has 0 unspecified atom stereocenters. The fourth-order valence-corrected chi connectivity index (χ4v) is 2.71. The fourth-order valence-electron chi connectivity index (χ4n) is 2.71. The zero-order chi connectivity index (χ0) is 18.5. The third-order valence-electron chi connectivity index (χ3n) is 3.94. The maximum Gasteiger partial charge on any atom is 0.217 e. The fraction of sp³-hybridized carbons (Fsp3) is 0.263. The summed E-state index contributed by atoms with van der Waals surface area (Å²) < 4.78 is 7.08. The maximum atomic E-state index is 11.2. The summed E-state index contributed by atoms with van der Waals surface area (Å²) in [5.41, 5.74) is 7.16. The molecule has 2 aromatic heterocycles. The van der Waals surface area contributed by atoms with E-state index in [4.69, 9.17) is 10.5 Å². The predicted molar refractivity (Wildman–Crippen MR) is 97.2 cm³/mol. The van der Waals surface area contributed by atoms with Crippen molar-refractivity contribution in [3.8, 4) is 11.6 Å². The van der Waals surface area contributed by atoms with Gasteiger partial charge in [-0.15, -0.1) is 5.10 Å². The van der Waals surface area contributed by atoms with Crippen molar-refractivity contribution in [2.24, 2.45) is 5.73 Å². The molecule has 26 heavy (non-hydrogen) atoms. The van der Waals surface area contributed by atoms with Crippen LogP contribution in [0.25, 0.3) is 5.82 Å². The average molecular weight is 351 g/mol. The van der Waals surface area contributed by atoms with Gasteiger partial charge in [-0.05, 0) is 25.1 Å². The molecule has 3 rings (SSSR count). The van der Waals surface area contributed by atoms with Gasteiger partial charge in [0.05, 0.1) is 7.11 Å². The van der Waals surface area contributed by atoms with E-state index in [9.17, 15) is 4.79 Å². The van der Waals surface area contributed by atoms with Crippen LogP contribution in [0.2, 0.25) is 0 Å². The minimum Gasteiger partial charge on any atom is -0.496 e. The van der Waals surface area contributed by atoms with Crippen molar-refractivity contribution in [3.05, 3.63) is 65.4 Å². The Balaban J connectivity index is 1.96. The Morgan fingerprint density at radius 2 is 1.96 bits per heavy atom. The van der Waals surface area contributed by atoms with Gasteiger partial charge in [0, 0.05) is 30.5 Å². The van der Waals surface area contributed by atoms with Crippen LogP contribution in [0.15, 0.2) is 42.5 Å². The molecule has 1 amide bonds. The molecule has 1 aromatic carbocycles. The lowest BCUT2D eigenvalue weighted by molar-refractivity contribution is -0.118. The van der Waals surface area contributed by atoms with Crippen molar-refractivity contribution in [2.75, 3.05) is 7.11 Å². The summed E-state index contributed by atoms with van der Waals surface area (Å²) in [6, 6.07) is 13.4. The molecule has 7 heteroatoms. The number of hydrogen-bond donors (Lipinski definition) is 1. The Morgan fingerprint density at radius 3 is 2.69 bits per heavy atom. The first-order chi connectivity index (χ1) is 12.6. The summed E-state index contributed by atoms with van der Waals surface area (Å²) >= 11 is 0. The molecule has 2 heterocycles. The number of nitrogens with two attached hydrogens (primary N) is 1. The zero-order valence-corrected chi connectivity index (χ0v) is 14.8. The summed E-state index contributed by atoms with van der Waals surface area (Å²) in [6.45, 7) is 1.92. The van der Waals surface area contributed by atoms with E-state index in [1.54, 1.807) is 11.8 Å². The zero-order valence-electron chi connectivity index (χ0n) is 14.8. The van der Waals surface area contributed by atoms with Gasteiger partial charge in [0.25, 0.3) is 0 Å². The number of amides is 1. The van der Waals surface area contributed by atoms with Crippen molar-refractivity contribution < 1.29 is 9.53 Å². The molecule has 7 nitrogen and oxygen atoms in total. The summed E-state index contributed by atoms with van der Waals surface area (Å²) in [5.74, 6) is 2.38. The second-order valence-corrected chi connectivity index (χ2v) is 5.95. The molecule has 0 saturated heterocycles. The first kappa shape index (κ1) is 17.6. The minimum atomic E-state index is -0.372. The molecule has 0 aliphatic carbocycles. The number of carbonyl (C=O) groups excluding carboxylic acids is 1. The van der Waals surface area contributed by atoms with Gasteiger partial charge in [0.15, 0.2) is 11.6 Å². The van der Waals surface area contributed by atoms with Crippen molar-refractivity contribution in [1.29, 1.82) is 0 Å². The topological polar surface area (TPSA) is 95.9 Å². The Labute approximate surface area is 151 Å². The molecule has 0 bridgehead atoms. The second kappa shape index (κ2) is 7.77. The molecule has 0 aliphatic heterocycles. The lowest BCUT2D eigenvalue weighted by Gasteiger charge is -2.05. The van der Waals surface area contributed by atoms with Gasteiger partial charge in [-0.3, -0.25) is 4.79 Å². The molecule has 3 aromatic rings. The molecule has 2 N–H and O–H groups in total. The Morgan fingerprint density at radius 1 is 1.15 bits per heavy atom. The van der Waals surface area contributed by atoms with E-state index in [-0.39, 0.29) is 12.3 Å². The number of para-hydroxylation sites is 1. The van der Waals surface area contributed by atoms with Crippen molar-refractivity contribution in [3.63, 3.8) is 0 Å². The van der Waals surface area contributed by atoms with E-state index in [1.165, 1.54) is 0 Å². The first-order valence-corrected chi connectivity index (χ1v) is 8.36. The number of benzene rings is 1. The van der Waals surface area contributed by atoms with E-state index in [1.807, 2.05) is 49.4 Å². The average Bonchev–Trinajstić information content (AvgIpc) is 3.03. The second-order valence-electron chi connectivity index (χ2n) is 5.95. The molecular weight excluding hydrogens is 330 g/mol. The summed E-state index contributed by atoms with van der Waals surface area (Å²) in [5, 5.41) is 4.61. The maximum absolute atomic E-state index is 11.2. The molecule has 0 aliphatic rings. The Kier molecular flexibility index (Phi) is 5.26. The molecule has 0 fully saturated rings. The van der Waals surface area contributed by atoms with Crippen LogP contribution in [0.5, 0.6) is 5.75 Å². The highest BCUT2D eigenvalue weighted by Gasteiger charge is 2.15. The molecule has 134 valence electrons. The number of aryl methyl sites for hydroxylation is 2.